The molecule has 148 valence electrons. The molecule has 0 aliphatic carbocycles. The number of hydrogen-bond acceptors (Lipinski definition) is 1. The zero-order chi connectivity index (χ0) is 20.4. The van der Waals surface area contributed by atoms with Crippen LogP contribution in [-0.4, -0.2) is 11.5 Å². The number of H-pyrrole nitrogens is 1. The molecule has 0 atom stereocenters. The first-order chi connectivity index (χ1) is 13.9. The van der Waals surface area contributed by atoms with Crippen molar-refractivity contribution in [3.63, 3.8) is 0 Å². The fourth-order valence-corrected chi connectivity index (χ4v) is 3.66. The third-order valence-corrected chi connectivity index (χ3v) is 5.24. The molecule has 0 fully saturated rings. The first-order valence-electron chi connectivity index (χ1n) is 9.19. The van der Waals surface area contributed by atoms with Crippen LogP contribution < -0.4 is 5.32 Å². The van der Waals surface area contributed by atoms with Gasteiger partial charge in [0.05, 0.1) is 16.3 Å². The smallest absolute Gasteiger partial charge is 0.384 e. The van der Waals surface area contributed by atoms with E-state index >= 15 is 0 Å². The predicted molar refractivity (Wildman–Crippen MR) is 112 cm³/mol. The lowest BCUT2D eigenvalue weighted by molar-refractivity contribution is -0.137. The van der Waals surface area contributed by atoms with Gasteiger partial charge in [-0.15, -0.1) is 0 Å². The van der Waals surface area contributed by atoms with E-state index in [4.69, 9.17) is 11.6 Å². The Morgan fingerprint density at radius 3 is 2.28 bits per heavy atom. The van der Waals surface area contributed by atoms with Crippen molar-refractivity contribution in [2.45, 2.75) is 12.6 Å². The number of aromatic amines is 1. The molecule has 0 aliphatic rings. The lowest BCUT2D eigenvalue weighted by Gasteiger charge is -2.12. The highest BCUT2D eigenvalue weighted by molar-refractivity contribution is 6.38. The molecule has 0 saturated carbocycles. The maximum Gasteiger partial charge on any atom is 0.416 e. The van der Waals surface area contributed by atoms with Crippen molar-refractivity contribution >= 4 is 28.2 Å². The Kier molecular flexibility index (Phi) is 5.24. The lowest BCUT2D eigenvalue weighted by atomic mass is 10.1. The quantitative estimate of drug-likeness (QED) is 0.356. The molecule has 0 unspecified atom stereocenters. The molecule has 3 aromatic carbocycles. The van der Waals surface area contributed by atoms with Crippen molar-refractivity contribution in [1.29, 1.82) is 0 Å². The standard InChI is InChI=1S/C23H18ClF3N2/c24-21-17-5-1-4-8-20(17)29-22(21)18-6-2-3-7-19(18)28-14-13-15-9-11-16(12-10-15)23(25,26)27/h1-12,28-29H,13-14H2. The van der Waals surface area contributed by atoms with Crippen molar-refractivity contribution in [3.05, 3.63) is 88.9 Å². The molecule has 0 spiro atoms. The Labute approximate surface area is 171 Å². The summed E-state index contributed by atoms with van der Waals surface area (Å²) in [4.78, 5) is 3.37. The Bertz CT molecular complexity index is 1130. The van der Waals surface area contributed by atoms with Gasteiger partial charge in [-0.25, -0.2) is 0 Å². The number of rotatable bonds is 5. The van der Waals surface area contributed by atoms with Crippen LogP contribution in [0, 0.1) is 0 Å². The van der Waals surface area contributed by atoms with Gasteiger partial charge < -0.3 is 10.3 Å². The summed E-state index contributed by atoms with van der Waals surface area (Å²) in [5, 5.41) is 5.00. The second-order valence-electron chi connectivity index (χ2n) is 6.78. The largest absolute Gasteiger partial charge is 0.416 e. The number of para-hydroxylation sites is 2. The monoisotopic (exact) mass is 414 g/mol. The molecule has 1 heterocycles. The molecule has 4 aromatic rings. The van der Waals surface area contributed by atoms with Crippen LogP contribution in [0.2, 0.25) is 5.02 Å². The Morgan fingerprint density at radius 1 is 0.862 bits per heavy atom. The van der Waals surface area contributed by atoms with Crippen molar-refractivity contribution in [2.75, 3.05) is 11.9 Å². The molecule has 2 nitrogen and oxygen atoms in total. The average molecular weight is 415 g/mol. The molecule has 6 heteroatoms. The molecular weight excluding hydrogens is 397 g/mol. The van der Waals surface area contributed by atoms with Gasteiger partial charge >= 0.3 is 6.18 Å². The minimum Gasteiger partial charge on any atom is -0.384 e. The van der Waals surface area contributed by atoms with Crippen molar-refractivity contribution < 1.29 is 13.2 Å². The molecule has 0 aliphatic heterocycles. The summed E-state index contributed by atoms with van der Waals surface area (Å²) < 4.78 is 38.0. The van der Waals surface area contributed by atoms with E-state index in [0.29, 0.717) is 18.0 Å². The second-order valence-corrected chi connectivity index (χ2v) is 7.15. The van der Waals surface area contributed by atoms with E-state index < -0.39 is 11.7 Å². The first-order valence-corrected chi connectivity index (χ1v) is 9.57. The molecule has 0 radical (unpaired) electrons. The van der Waals surface area contributed by atoms with E-state index in [1.54, 1.807) is 0 Å². The van der Waals surface area contributed by atoms with Gasteiger partial charge in [0.2, 0.25) is 0 Å². The van der Waals surface area contributed by atoms with Crippen molar-refractivity contribution in [3.8, 4) is 11.3 Å². The van der Waals surface area contributed by atoms with Gasteiger partial charge in [0, 0.05) is 28.7 Å². The van der Waals surface area contributed by atoms with Crippen LogP contribution in [0.1, 0.15) is 11.1 Å². The van der Waals surface area contributed by atoms with Crippen molar-refractivity contribution in [2.24, 2.45) is 0 Å². The van der Waals surface area contributed by atoms with E-state index in [2.05, 4.69) is 10.3 Å². The van der Waals surface area contributed by atoms with Crippen molar-refractivity contribution in [1.82, 2.24) is 4.98 Å². The zero-order valence-corrected chi connectivity index (χ0v) is 16.1. The van der Waals surface area contributed by atoms with Crippen LogP contribution in [0.25, 0.3) is 22.2 Å². The summed E-state index contributed by atoms with van der Waals surface area (Å²) in [5.74, 6) is 0. The zero-order valence-electron chi connectivity index (χ0n) is 15.4. The number of benzene rings is 3. The van der Waals surface area contributed by atoms with E-state index in [0.717, 1.165) is 45.5 Å². The normalized spacial score (nSPS) is 11.7. The molecular formula is C23H18ClF3N2. The van der Waals surface area contributed by atoms with Crippen LogP contribution >= 0.6 is 11.6 Å². The number of anilines is 1. The number of alkyl halides is 3. The summed E-state index contributed by atoms with van der Waals surface area (Å²) >= 11 is 6.59. The van der Waals surface area contributed by atoms with Crippen LogP contribution in [0.3, 0.4) is 0 Å². The maximum atomic E-state index is 12.7. The average Bonchev–Trinajstić information content (AvgIpc) is 3.05. The van der Waals surface area contributed by atoms with Crippen LogP contribution in [0.4, 0.5) is 18.9 Å². The number of aromatic nitrogens is 1. The molecule has 0 saturated heterocycles. The molecule has 4 rings (SSSR count). The molecule has 1 aromatic heterocycles. The number of nitrogens with one attached hydrogen (secondary N) is 2. The van der Waals surface area contributed by atoms with E-state index in [9.17, 15) is 13.2 Å². The topological polar surface area (TPSA) is 27.8 Å². The van der Waals surface area contributed by atoms with Crippen LogP contribution in [0.15, 0.2) is 72.8 Å². The van der Waals surface area contributed by atoms with Crippen LogP contribution in [-0.2, 0) is 12.6 Å². The number of hydrogen-bond donors (Lipinski definition) is 2. The minimum absolute atomic E-state index is 0.584. The summed E-state index contributed by atoms with van der Waals surface area (Å²) in [6.07, 6.45) is -3.71. The van der Waals surface area contributed by atoms with Gasteiger partial charge in [0.15, 0.2) is 0 Å². The molecule has 0 amide bonds. The highest BCUT2D eigenvalue weighted by Gasteiger charge is 2.29. The number of halogens is 4. The number of fused-ring (bicyclic) bond motifs is 1. The fourth-order valence-electron chi connectivity index (χ4n) is 3.35. The third-order valence-electron chi connectivity index (χ3n) is 4.85. The Balaban J connectivity index is 1.51. The Hall–Kier alpha value is -2.92. The Morgan fingerprint density at radius 2 is 1.55 bits per heavy atom. The van der Waals surface area contributed by atoms with Crippen LogP contribution in [0.5, 0.6) is 0 Å². The molecule has 0 bridgehead atoms. The third kappa shape index (κ3) is 4.10. The van der Waals surface area contributed by atoms with Gasteiger partial charge in [0.25, 0.3) is 0 Å². The molecule has 29 heavy (non-hydrogen) atoms. The molecule has 2 N–H and O–H groups in total. The van der Waals surface area contributed by atoms with Gasteiger partial charge in [-0.2, -0.15) is 13.2 Å². The highest BCUT2D eigenvalue weighted by atomic mass is 35.5. The van der Waals surface area contributed by atoms with Gasteiger partial charge in [0.1, 0.15) is 0 Å². The van der Waals surface area contributed by atoms with E-state index in [-0.39, 0.29) is 0 Å². The summed E-state index contributed by atoms with van der Waals surface area (Å²) in [7, 11) is 0. The summed E-state index contributed by atoms with van der Waals surface area (Å²) in [6, 6.07) is 20.9. The van der Waals surface area contributed by atoms with E-state index in [1.807, 2.05) is 48.5 Å². The fraction of sp³-hybridized carbons (Fsp3) is 0.130. The van der Waals surface area contributed by atoms with Gasteiger partial charge in [-0.3, -0.25) is 0 Å². The predicted octanol–water partition coefficient (Wildman–Crippen LogP) is 7.16. The summed E-state index contributed by atoms with van der Waals surface area (Å²) in [6.45, 7) is 0.584. The first kappa shape index (κ1) is 19.4. The summed E-state index contributed by atoms with van der Waals surface area (Å²) in [5.41, 5.74) is 3.87. The van der Waals surface area contributed by atoms with E-state index in [1.165, 1.54) is 12.1 Å². The minimum atomic E-state index is -4.31. The lowest BCUT2D eigenvalue weighted by Crippen LogP contribution is -2.07. The maximum absolute atomic E-state index is 12.7. The highest BCUT2D eigenvalue weighted by Crippen LogP contribution is 2.37. The SMILES string of the molecule is FC(F)(F)c1ccc(CCNc2ccccc2-c2[nH]c3ccccc3c2Cl)cc1. The van der Waals surface area contributed by atoms with Gasteiger partial charge in [-0.05, 0) is 36.2 Å². The van der Waals surface area contributed by atoms with Gasteiger partial charge in [-0.1, -0.05) is 60.1 Å². The second kappa shape index (κ2) is 7.84.